The average molecular weight is 314 g/mol. The molecule has 0 aromatic rings. The van der Waals surface area contributed by atoms with Crippen molar-refractivity contribution in [2.75, 3.05) is 0 Å². The topological polar surface area (TPSA) is 51.2 Å². The molecule has 0 radical (unpaired) electrons. The SMILES string of the molecule is CC1=CC[C@@H]2[C@H]3C(C(C)C)=CC(=O)[C@@]3(C)C(=O)C[C@@]2(C)CC1=O. The Bertz CT molecular complexity index is 666. The summed E-state index contributed by atoms with van der Waals surface area (Å²) in [5, 5.41) is 0. The van der Waals surface area contributed by atoms with Crippen LogP contribution in [-0.4, -0.2) is 17.3 Å². The highest BCUT2D eigenvalue weighted by atomic mass is 16.2. The Labute approximate surface area is 138 Å². The summed E-state index contributed by atoms with van der Waals surface area (Å²) in [7, 11) is 0. The second kappa shape index (κ2) is 4.99. The lowest BCUT2D eigenvalue weighted by Crippen LogP contribution is -2.54. The smallest absolute Gasteiger partial charge is 0.169 e. The number of Topliss-reactive ketones (excluding diaryl/α,β-unsaturated/α-hetero) is 2. The van der Waals surface area contributed by atoms with Crippen molar-refractivity contribution in [1.29, 1.82) is 0 Å². The minimum atomic E-state index is -0.918. The summed E-state index contributed by atoms with van der Waals surface area (Å²) in [5.41, 5.74) is 0.640. The van der Waals surface area contributed by atoms with Crippen molar-refractivity contribution in [2.45, 2.75) is 53.9 Å². The van der Waals surface area contributed by atoms with E-state index in [1.54, 1.807) is 6.08 Å². The van der Waals surface area contributed by atoms with E-state index in [1.165, 1.54) is 0 Å². The fourth-order valence-electron chi connectivity index (χ4n) is 4.97. The number of carbonyl (C=O) groups is 3. The summed E-state index contributed by atoms with van der Waals surface area (Å²) in [5.74, 6) is 0.485. The molecule has 0 heterocycles. The predicted molar refractivity (Wildman–Crippen MR) is 88.7 cm³/mol. The number of hydrogen-bond acceptors (Lipinski definition) is 3. The van der Waals surface area contributed by atoms with E-state index in [9.17, 15) is 14.4 Å². The maximum absolute atomic E-state index is 13.0. The highest BCUT2D eigenvalue weighted by molar-refractivity contribution is 6.15. The summed E-state index contributed by atoms with van der Waals surface area (Å²) in [6.07, 6.45) is 5.27. The van der Waals surface area contributed by atoms with Crippen LogP contribution in [0.25, 0.3) is 0 Å². The molecule has 23 heavy (non-hydrogen) atoms. The van der Waals surface area contributed by atoms with Crippen molar-refractivity contribution in [2.24, 2.45) is 28.6 Å². The molecule has 0 unspecified atom stereocenters. The maximum atomic E-state index is 13.0. The molecule has 0 aromatic heterocycles. The number of allylic oxidation sites excluding steroid dienone is 4. The minimum absolute atomic E-state index is 0.0190. The van der Waals surface area contributed by atoms with Crippen molar-refractivity contribution < 1.29 is 14.4 Å². The van der Waals surface area contributed by atoms with Crippen LogP contribution < -0.4 is 0 Å². The monoisotopic (exact) mass is 314 g/mol. The number of carbonyl (C=O) groups excluding carboxylic acids is 3. The van der Waals surface area contributed by atoms with Gasteiger partial charge in [0, 0.05) is 18.8 Å². The van der Waals surface area contributed by atoms with Crippen LogP contribution in [0.3, 0.4) is 0 Å². The summed E-state index contributed by atoms with van der Waals surface area (Å²) in [6.45, 7) is 9.94. The highest BCUT2D eigenvalue weighted by Crippen LogP contribution is 2.60. The first-order valence-corrected chi connectivity index (χ1v) is 8.60. The lowest BCUT2D eigenvalue weighted by Gasteiger charge is -2.51. The van der Waals surface area contributed by atoms with Crippen LogP contribution >= 0.6 is 0 Å². The zero-order chi connectivity index (χ0) is 17.2. The normalized spacial score (nSPS) is 40.5. The molecule has 0 aliphatic heterocycles. The van der Waals surface area contributed by atoms with Gasteiger partial charge >= 0.3 is 0 Å². The van der Waals surface area contributed by atoms with E-state index in [2.05, 4.69) is 20.8 Å². The van der Waals surface area contributed by atoms with Gasteiger partial charge in [-0.1, -0.05) is 32.4 Å². The fourth-order valence-corrected chi connectivity index (χ4v) is 4.97. The minimum Gasteiger partial charge on any atom is -0.299 e. The van der Waals surface area contributed by atoms with Gasteiger partial charge in [0.25, 0.3) is 0 Å². The summed E-state index contributed by atoms with van der Waals surface area (Å²) < 4.78 is 0. The Balaban J connectivity index is 2.15. The van der Waals surface area contributed by atoms with Crippen LogP contribution in [-0.2, 0) is 14.4 Å². The molecule has 0 aromatic carbocycles. The molecule has 0 N–H and O–H groups in total. The molecular weight excluding hydrogens is 288 g/mol. The van der Waals surface area contributed by atoms with E-state index in [4.69, 9.17) is 0 Å². The Morgan fingerprint density at radius 2 is 1.78 bits per heavy atom. The third-order valence-electron chi connectivity index (χ3n) is 6.58. The maximum Gasteiger partial charge on any atom is 0.169 e. The molecule has 0 saturated heterocycles. The standard InChI is InChI=1S/C20H26O3/c1-11(2)13-8-16(22)20(5)17(23)10-19(4)9-15(21)12(3)6-7-14(19)18(13)20/h6,8,11,14,18H,7,9-10H2,1-5H3/t14-,18-,19-,20+/m1/s1. The van der Waals surface area contributed by atoms with Crippen LogP contribution in [0, 0.1) is 28.6 Å². The molecule has 0 amide bonds. The molecule has 3 rings (SSSR count). The van der Waals surface area contributed by atoms with Gasteiger partial charge in [0.05, 0.1) is 5.41 Å². The number of fused-ring (bicyclic) bond motifs is 3. The summed E-state index contributed by atoms with van der Waals surface area (Å²) in [6, 6.07) is 0. The van der Waals surface area contributed by atoms with E-state index in [0.29, 0.717) is 12.8 Å². The van der Waals surface area contributed by atoms with Crippen LogP contribution in [0.15, 0.2) is 23.3 Å². The molecule has 3 nitrogen and oxygen atoms in total. The lowest BCUT2D eigenvalue weighted by atomic mass is 9.50. The zero-order valence-corrected chi connectivity index (χ0v) is 14.7. The van der Waals surface area contributed by atoms with Gasteiger partial charge < -0.3 is 0 Å². The first-order valence-electron chi connectivity index (χ1n) is 8.60. The van der Waals surface area contributed by atoms with E-state index < -0.39 is 5.41 Å². The summed E-state index contributed by atoms with van der Waals surface area (Å²) >= 11 is 0. The van der Waals surface area contributed by atoms with E-state index in [1.807, 2.05) is 19.9 Å². The van der Waals surface area contributed by atoms with Gasteiger partial charge in [0.1, 0.15) is 5.78 Å². The Morgan fingerprint density at radius 3 is 2.39 bits per heavy atom. The Kier molecular flexibility index (Phi) is 3.55. The van der Waals surface area contributed by atoms with Crippen LogP contribution in [0.4, 0.5) is 0 Å². The molecule has 124 valence electrons. The van der Waals surface area contributed by atoms with Gasteiger partial charge in [-0.2, -0.15) is 0 Å². The zero-order valence-electron chi connectivity index (χ0n) is 14.7. The van der Waals surface area contributed by atoms with Gasteiger partial charge in [0.15, 0.2) is 11.6 Å². The number of hydrogen-bond donors (Lipinski definition) is 0. The molecule has 1 saturated carbocycles. The number of rotatable bonds is 1. The quantitative estimate of drug-likeness (QED) is 0.694. The lowest BCUT2D eigenvalue weighted by molar-refractivity contribution is -0.150. The van der Waals surface area contributed by atoms with Gasteiger partial charge in [-0.3, -0.25) is 14.4 Å². The van der Waals surface area contributed by atoms with E-state index >= 15 is 0 Å². The second-order valence-electron chi connectivity index (χ2n) is 8.43. The van der Waals surface area contributed by atoms with E-state index in [0.717, 1.165) is 17.6 Å². The molecule has 0 spiro atoms. The first-order chi connectivity index (χ1) is 10.6. The predicted octanol–water partition coefficient (Wildman–Crippen LogP) is 3.68. The Morgan fingerprint density at radius 1 is 1.13 bits per heavy atom. The first kappa shape index (κ1) is 16.4. The van der Waals surface area contributed by atoms with Crippen molar-refractivity contribution in [1.82, 2.24) is 0 Å². The van der Waals surface area contributed by atoms with Crippen molar-refractivity contribution >= 4 is 17.3 Å². The molecular formula is C20H26O3. The Hall–Kier alpha value is -1.51. The largest absolute Gasteiger partial charge is 0.299 e. The van der Waals surface area contributed by atoms with Gasteiger partial charge in [-0.15, -0.1) is 0 Å². The molecule has 1 fully saturated rings. The fraction of sp³-hybridized carbons (Fsp3) is 0.650. The summed E-state index contributed by atoms with van der Waals surface area (Å²) in [4.78, 5) is 38.0. The van der Waals surface area contributed by atoms with E-state index in [-0.39, 0.29) is 40.5 Å². The van der Waals surface area contributed by atoms with Gasteiger partial charge in [-0.25, -0.2) is 0 Å². The molecule has 4 atom stereocenters. The third kappa shape index (κ3) is 2.12. The van der Waals surface area contributed by atoms with Crippen molar-refractivity contribution in [3.8, 4) is 0 Å². The molecule has 3 heteroatoms. The van der Waals surface area contributed by atoms with Crippen LogP contribution in [0.1, 0.15) is 53.9 Å². The third-order valence-corrected chi connectivity index (χ3v) is 6.58. The number of ketones is 3. The average Bonchev–Trinajstić information content (AvgIpc) is 2.66. The van der Waals surface area contributed by atoms with Crippen LogP contribution in [0.2, 0.25) is 0 Å². The van der Waals surface area contributed by atoms with Crippen LogP contribution in [0.5, 0.6) is 0 Å². The van der Waals surface area contributed by atoms with Gasteiger partial charge in [0.2, 0.25) is 0 Å². The van der Waals surface area contributed by atoms with Crippen molar-refractivity contribution in [3.05, 3.63) is 23.3 Å². The van der Waals surface area contributed by atoms with Gasteiger partial charge in [-0.05, 0) is 49.2 Å². The second-order valence-corrected chi connectivity index (χ2v) is 8.43. The molecule has 0 bridgehead atoms. The molecule has 3 aliphatic carbocycles. The van der Waals surface area contributed by atoms with Crippen molar-refractivity contribution in [3.63, 3.8) is 0 Å². The molecule has 3 aliphatic rings. The highest BCUT2D eigenvalue weighted by Gasteiger charge is 2.62.